The molecule has 1 atom stereocenters. The maximum atomic E-state index is 11.8. The molecule has 0 spiro atoms. The highest BCUT2D eigenvalue weighted by Gasteiger charge is 2.31. The third kappa shape index (κ3) is 3.14. The summed E-state index contributed by atoms with van der Waals surface area (Å²) >= 11 is 5.08. The molecule has 1 amide bonds. The molecule has 108 valence electrons. The van der Waals surface area contributed by atoms with Crippen LogP contribution in [0.15, 0.2) is 29.2 Å². The van der Waals surface area contributed by atoms with E-state index in [1.54, 1.807) is 19.1 Å². The first-order valence-corrected chi connectivity index (χ1v) is 7.98. The zero-order chi connectivity index (χ0) is 14.9. The van der Waals surface area contributed by atoms with Gasteiger partial charge in [-0.25, -0.2) is 13.6 Å². The van der Waals surface area contributed by atoms with Gasteiger partial charge < -0.3 is 5.32 Å². The highest BCUT2D eigenvalue weighted by molar-refractivity contribution is 7.89. The van der Waals surface area contributed by atoms with Crippen LogP contribution in [-0.4, -0.2) is 36.9 Å². The number of nitrogens with two attached hydrogens (primary N) is 1. The molecule has 1 heterocycles. The van der Waals surface area contributed by atoms with Crippen LogP contribution in [0.3, 0.4) is 0 Å². The fourth-order valence-electron chi connectivity index (χ4n) is 1.96. The Morgan fingerprint density at radius 3 is 2.40 bits per heavy atom. The van der Waals surface area contributed by atoms with Crippen molar-refractivity contribution in [1.82, 2.24) is 10.2 Å². The first-order valence-electron chi connectivity index (χ1n) is 6.02. The second-order valence-corrected chi connectivity index (χ2v) is 6.55. The Balaban J connectivity index is 2.02. The van der Waals surface area contributed by atoms with Gasteiger partial charge in [-0.3, -0.25) is 9.69 Å². The number of rotatable bonds is 4. The molecule has 1 aliphatic rings. The smallest absolute Gasteiger partial charge is 0.251 e. The number of hydrogen-bond donors (Lipinski definition) is 2. The fourth-order valence-corrected chi connectivity index (χ4v) is 2.83. The SMILES string of the molecule is CC1NC(=S)N(CCc2ccc(S(N)(=O)=O)cc2)C1=O. The van der Waals surface area contributed by atoms with Crippen LogP contribution in [0.1, 0.15) is 12.5 Å². The van der Waals surface area contributed by atoms with Gasteiger partial charge in [0.15, 0.2) is 5.11 Å². The van der Waals surface area contributed by atoms with Crippen LogP contribution in [0.2, 0.25) is 0 Å². The molecule has 6 nitrogen and oxygen atoms in total. The van der Waals surface area contributed by atoms with E-state index in [2.05, 4.69) is 5.32 Å². The summed E-state index contributed by atoms with van der Waals surface area (Å²) in [7, 11) is -3.67. The topological polar surface area (TPSA) is 92.5 Å². The average Bonchev–Trinajstić information content (AvgIpc) is 2.61. The maximum Gasteiger partial charge on any atom is 0.251 e. The van der Waals surface area contributed by atoms with Gasteiger partial charge >= 0.3 is 0 Å². The Hall–Kier alpha value is -1.51. The van der Waals surface area contributed by atoms with Crippen LogP contribution in [0.4, 0.5) is 0 Å². The molecule has 0 radical (unpaired) electrons. The lowest BCUT2D eigenvalue weighted by molar-refractivity contribution is -0.126. The summed E-state index contributed by atoms with van der Waals surface area (Å²) in [6.07, 6.45) is 0.588. The Kier molecular flexibility index (Phi) is 4.07. The number of primary sulfonamides is 1. The molecule has 8 heteroatoms. The standard InChI is InChI=1S/C12H15N3O3S2/c1-8-11(16)15(12(19)14-8)7-6-9-2-4-10(5-3-9)20(13,17)18/h2-5,8H,6-7H2,1H3,(H,14,19)(H2,13,17,18). The van der Waals surface area contributed by atoms with Gasteiger partial charge in [0.05, 0.1) is 4.90 Å². The number of carbonyl (C=O) groups is 1. The van der Waals surface area contributed by atoms with E-state index in [1.165, 1.54) is 17.0 Å². The Labute approximate surface area is 123 Å². The summed E-state index contributed by atoms with van der Waals surface area (Å²) in [6, 6.07) is 5.98. The van der Waals surface area contributed by atoms with Gasteiger partial charge in [0.25, 0.3) is 5.91 Å². The first-order chi connectivity index (χ1) is 9.29. The normalized spacial score (nSPS) is 19.3. The summed E-state index contributed by atoms with van der Waals surface area (Å²) in [5.74, 6) is -0.0452. The van der Waals surface area contributed by atoms with E-state index in [1.807, 2.05) is 0 Å². The number of nitrogens with one attached hydrogen (secondary N) is 1. The van der Waals surface area contributed by atoms with E-state index >= 15 is 0 Å². The molecule has 1 saturated heterocycles. The Morgan fingerprint density at radius 1 is 1.35 bits per heavy atom. The van der Waals surface area contributed by atoms with Crippen molar-refractivity contribution < 1.29 is 13.2 Å². The minimum atomic E-state index is -3.67. The second-order valence-electron chi connectivity index (χ2n) is 4.60. The average molecular weight is 313 g/mol. The van der Waals surface area contributed by atoms with Crippen molar-refractivity contribution in [3.05, 3.63) is 29.8 Å². The van der Waals surface area contributed by atoms with Gasteiger partial charge in [0, 0.05) is 6.54 Å². The molecule has 0 aliphatic carbocycles. The van der Waals surface area contributed by atoms with Crippen LogP contribution in [0, 0.1) is 0 Å². The van der Waals surface area contributed by atoms with E-state index in [0.717, 1.165) is 5.56 Å². The van der Waals surface area contributed by atoms with Crippen molar-refractivity contribution in [2.24, 2.45) is 5.14 Å². The fraction of sp³-hybridized carbons (Fsp3) is 0.333. The lowest BCUT2D eigenvalue weighted by atomic mass is 10.1. The van der Waals surface area contributed by atoms with E-state index in [-0.39, 0.29) is 16.8 Å². The van der Waals surface area contributed by atoms with Crippen LogP contribution >= 0.6 is 12.2 Å². The van der Waals surface area contributed by atoms with Gasteiger partial charge in [-0.2, -0.15) is 0 Å². The van der Waals surface area contributed by atoms with E-state index in [4.69, 9.17) is 17.4 Å². The van der Waals surface area contributed by atoms with Crippen molar-refractivity contribution in [2.75, 3.05) is 6.54 Å². The van der Waals surface area contributed by atoms with Crippen molar-refractivity contribution in [3.8, 4) is 0 Å². The number of thiocarbonyl (C=S) groups is 1. The van der Waals surface area contributed by atoms with Gasteiger partial charge in [0.2, 0.25) is 10.0 Å². The lowest BCUT2D eigenvalue weighted by Gasteiger charge is -2.14. The molecular weight excluding hydrogens is 298 g/mol. The first kappa shape index (κ1) is 14.9. The Morgan fingerprint density at radius 2 is 1.95 bits per heavy atom. The number of benzene rings is 1. The molecule has 1 aromatic rings. The zero-order valence-corrected chi connectivity index (χ0v) is 12.5. The largest absolute Gasteiger partial charge is 0.351 e. The van der Waals surface area contributed by atoms with Gasteiger partial charge in [0.1, 0.15) is 6.04 Å². The van der Waals surface area contributed by atoms with Crippen molar-refractivity contribution in [1.29, 1.82) is 0 Å². The summed E-state index contributed by atoms with van der Waals surface area (Å²) in [4.78, 5) is 13.4. The van der Waals surface area contributed by atoms with E-state index in [9.17, 15) is 13.2 Å². The minimum Gasteiger partial charge on any atom is -0.351 e. The molecule has 20 heavy (non-hydrogen) atoms. The zero-order valence-electron chi connectivity index (χ0n) is 10.9. The van der Waals surface area contributed by atoms with Crippen molar-refractivity contribution in [3.63, 3.8) is 0 Å². The molecule has 0 bridgehead atoms. The Bertz CT molecular complexity index is 640. The molecule has 1 fully saturated rings. The number of hydrogen-bond acceptors (Lipinski definition) is 4. The predicted octanol–water partition coefficient (Wildman–Crippen LogP) is -0.0183. The van der Waals surface area contributed by atoms with E-state index < -0.39 is 10.0 Å². The molecular formula is C12H15N3O3S2. The van der Waals surface area contributed by atoms with Crippen LogP contribution in [0.25, 0.3) is 0 Å². The third-order valence-corrected chi connectivity index (χ3v) is 4.37. The maximum absolute atomic E-state index is 11.8. The summed E-state index contributed by atoms with van der Waals surface area (Å²) < 4.78 is 22.3. The lowest BCUT2D eigenvalue weighted by Crippen LogP contribution is -2.32. The molecule has 3 N–H and O–H groups in total. The van der Waals surface area contributed by atoms with Crippen molar-refractivity contribution >= 4 is 33.3 Å². The second kappa shape index (κ2) is 5.47. The third-order valence-electron chi connectivity index (χ3n) is 3.10. The highest BCUT2D eigenvalue weighted by atomic mass is 32.2. The monoisotopic (exact) mass is 313 g/mol. The molecule has 1 unspecified atom stereocenters. The minimum absolute atomic E-state index is 0.0452. The molecule has 1 aliphatic heterocycles. The summed E-state index contributed by atoms with van der Waals surface area (Å²) in [5, 5.41) is 8.35. The molecule has 1 aromatic carbocycles. The van der Waals surface area contributed by atoms with Crippen molar-refractivity contribution in [2.45, 2.75) is 24.3 Å². The van der Waals surface area contributed by atoms with Crippen LogP contribution in [0.5, 0.6) is 0 Å². The van der Waals surface area contributed by atoms with Crippen LogP contribution < -0.4 is 10.5 Å². The molecule has 0 aromatic heterocycles. The molecule has 0 saturated carbocycles. The summed E-state index contributed by atoms with van der Waals surface area (Å²) in [5.41, 5.74) is 0.910. The van der Waals surface area contributed by atoms with Gasteiger partial charge in [-0.1, -0.05) is 12.1 Å². The predicted molar refractivity (Wildman–Crippen MR) is 78.4 cm³/mol. The highest BCUT2D eigenvalue weighted by Crippen LogP contribution is 2.12. The quantitative estimate of drug-likeness (QED) is 0.762. The summed E-state index contributed by atoms with van der Waals surface area (Å²) in [6.45, 7) is 2.22. The number of carbonyl (C=O) groups excluding carboxylic acids is 1. The number of sulfonamides is 1. The van der Waals surface area contributed by atoms with Gasteiger partial charge in [-0.15, -0.1) is 0 Å². The number of amides is 1. The molecule has 2 rings (SSSR count). The van der Waals surface area contributed by atoms with Crippen LogP contribution in [-0.2, 0) is 21.2 Å². The van der Waals surface area contributed by atoms with E-state index in [0.29, 0.717) is 18.1 Å². The van der Waals surface area contributed by atoms with Gasteiger partial charge in [-0.05, 0) is 43.3 Å². The number of nitrogens with zero attached hydrogens (tertiary/aromatic N) is 1.